The summed E-state index contributed by atoms with van der Waals surface area (Å²) in [5.41, 5.74) is 1.60. The maximum Gasteiger partial charge on any atom is 0.290 e. The van der Waals surface area contributed by atoms with E-state index < -0.39 is 0 Å². The lowest BCUT2D eigenvalue weighted by molar-refractivity contribution is -0.129. The second kappa shape index (κ2) is 13.4. The third kappa shape index (κ3) is 7.81. The fraction of sp³-hybridized carbons (Fsp3) is 0.385. The molecule has 3 rings (SSSR count). The number of nitrogens with zero attached hydrogens (tertiary/aromatic N) is 3. The molecule has 0 saturated carbocycles. The molecule has 11 heteroatoms. The van der Waals surface area contributed by atoms with Gasteiger partial charge < -0.3 is 29.0 Å². The van der Waals surface area contributed by atoms with Crippen molar-refractivity contribution < 1.29 is 28.3 Å². The molecule has 2 aromatic heterocycles. The number of likely N-dealkylation sites (N-methyl/N-ethyl adjacent to an activating group) is 1. The van der Waals surface area contributed by atoms with Gasteiger partial charge in [-0.05, 0) is 42.7 Å². The minimum Gasteiger partial charge on any atom is -0.493 e. The van der Waals surface area contributed by atoms with E-state index in [2.05, 4.69) is 10.3 Å². The number of amides is 3. The van der Waals surface area contributed by atoms with Crippen molar-refractivity contribution in [2.45, 2.75) is 26.2 Å². The van der Waals surface area contributed by atoms with E-state index in [1.54, 1.807) is 43.7 Å². The van der Waals surface area contributed by atoms with Gasteiger partial charge in [0.2, 0.25) is 11.8 Å². The van der Waals surface area contributed by atoms with Crippen molar-refractivity contribution >= 4 is 34.2 Å². The van der Waals surface area contributed by atoms with E-state index in [-0.39, 0.29) is 36.4 Å². The van der Waals surface area contributed by atoms with Crippen LogP contribution in [-0.4, -0.2) is 73.4 Å². The molecule has 2 heterocycles. The van der Waals surface area contributed by atoms with Crippen molar-refractivity contribution in [2.24, 2.45) is 0 Å². The topological polar surface area (TPSA) is 114 Å². The SMILES string of the molecule is CCCN(CC(=O)Nc1nc(CC(=O)N(C)CCc2ccc(OC)c(OC)c2)cs1)C(=O)c1ccco1. The predicted octanol–water partition coefficient (Wildman–Crippen LogP) is 3.49. The third-order valence-electron chi connectivity index (χ3n) is 5.59. The summed E-state index contributed by atoms with van der Waals surface area (Å²) in [4.78, 5) is 45.3. The summed E-state index contributed by atoms with van der Waals surface area (Å²) in [6.07, 6.45) is 2.89. The molecule has 1 N–H and O–H groups in total. The van der Waals surface area contributed by atoms with Crippen LogP contribution < -0.4 is 14.8 Å². The molecule has 3 aromatic rings. The molecule has 0 unspecified atom stereocenters. The molecular formula is C26H32N4O6S. The van der Waals surface area contributed by atoms with E-state index in [1.807, 2.05) is 25.1 Å². The van der Waals surface area contributed by atoms with Gasteiger partial charge in [0, 0.05) is 25.5 Å². The van der Waals surface area contributed by atoms with Crippen LogP contribution in [-0.2, 0) is 22.4 Å². The van der Waals surface area contributed by atoms with Gasteiger partial charge in [-0.1, -0.05) is 13.0 Å². The van der Waals surface area contributed by atoms with Crippen LogP contribution in [0.25, 0.3) is 0 Å². The van der Waals surface area contributed by atoms with Gasteiger partial charge in [-0.15, -0.1) is 11.3 Å². The number of hydrogen-bond donors (Lipinski definition) is 1. The number of benzene rings is 1. The fourth-order valence-electron chi connectivity index (χ4n) is 3.60. The summed E-state index contributed by atoms with van der Waals surface area (Å²) < 4.78 is 15.8. The monoisotopic (exact) mass is 528 g/mol. The molecule has 3 amide bonds. The van der Waals surface area contributed by atoms with Crippen molar-refractivity contribution in [3.8, 4) is 11.5 Å². The second-order valence-corrected chi connectivity index (χ2v) is 9.19. The lowest BCUT2D eigenvalue weighted by atomic mass is 10.1. The Morgan fingerprint density at radius 1 is 1.11 bits per heavy atom. The summed E-state index contributed by atoms with van der Waals surface area (Å²) in [6.45, 7) is 2.74. The fourth-order valence-corrected chi connectivity index (χ4v) is 4.33. The molecule has 198 valence electrons. The van der Waals surface area contributed by atoms with E-state index in [0.29, 0.717) is 48.3 Å². The predicted molar refractivity (Wildman–Crippen MR) is 140 cm³/mol. The molecule has 0 atom stereocenters. The number of hydrogen-bond acceptors (Lipinski definition) is 8. The number of aromatic nitrogens is 1. The Kier molecular flexibility index (Phi) is 10.1. The van der Waals surface area contributed by atoms with Crippen LogP contribution >= 0.6 is 11.3 Å². The van der Waals surface area contributed by atoms with Gasteiger partial charge in [0.1, 0.15) is 6.54 Å². The molecular weight excluding hydrogens is 496 g/mol. The Morgan fingerprint density at radius 3 is 2.57 bits per heavy atom. The van der Waals surface area contributed by atoms with E-state index in [0.717, 1.165) is 5.56 Å². The highest BCUT2D eigenvalue weighted by molar-refractivity contribution is 7.13. The Balaban J connectivity index is 1.49. The van der Waals surface area contributed by atoms with E-state index in [1.165, 1.54) is 22.5 Å². The minimum atomic E-state index is -0.368. The number of anilines is 1. The number of carbonyl (C=O) groups excluding carboxylic acids is 3. The molecule has 0 radical (unpaired) electrons. The van der Waals surface area contributed by atoms with Crippen molar-refractivity contribution in [1.82, 2.24) is 14.8 Å². The van der Waals surface area contributed by atoms with Crippen LogP contribution in [0.5, 0.6) is 11.5 Å². The molecule has 0 aliphatic carbocycles. The molecule has 0 fully saturated rings. The first kappa shape index (κ1) is 27.7. The number of nitrogens with one attached hydrogen (secondary N) is 1. The van der Waals surface area contributed by atoms with Crippen molar-refractivity contribution in [1.29, 1.82) is 0 Å². The number of methoxy groups -OCH3 is 2. The number of carbonyl (C=O) groups is 3. The number of rotatable bonds is 13. The quantitative estimate of drug-likeness (QED) is 0.361. The van der Waals surface area contributed by atoms with Crippen molar-refractivity contribution in [3.63, 3.8) is 0 Å². The summed E-state index contributed by atoms with van der Waals surface area (Å²) in [7, 11) is 4.92. The van der Waals surface area contributed by atoms with Gasteiger partial charge in [0.25, 0.3) is 5.91 Å². The smallest absolute Gasteiger partial charge is 0.290 e. The lowest BCUT2D eigenvalue weighted by Gasteiger charge is -2.20. The Labute approximate surface area is 220 Å². The zero-order valence-corrected chi connectivity index (χ0v) is 22.3. The third-order valence-corrected chi connectivity index (χ3v) is 6.39. The summed E-state index contributed by atoms with van der Waals surface area (Å²) in [6, 6.07) is 8.88. The normalized spacial score (nSPS) is 10.6. The average Bonchev–Trinajstić information content (AvgIpc) is 3.59. The Morgan fingerprint density at radius 2 is 1.89 bits per heavy atom. The molecule has 0 spiro atoms. The maximum absolute atomic E-state index is 12.7. The highest BCUT2D eigenvalue weighted by atomic mass is 32.1. The first-order chi connectivity index (χ1) is 17.8. The number of ether oxygens (including phenoxy) is 2. The zero-order valence-electron chi connectivity index (χ0n) is 21.5. The molecule has 1 aromatic carbocycles. The van der Waals surface area contributed by atoms with Gasteiger partial charge in [-0.25, -0.2) is 4.98 Å². The summed E-state index contributed by atoms with van der Waals surface area (Å²) >= 11 is 1.23. The molecule has 0 bridgehead atoms. The van der Waals surface area contributed by atoms with Crippen molar-refractivity contribution in [2.75, 3.05) is 46.2 Å². The van der Waals surface area contributed by atoms with Crippen LogP contribution in [0.1, 0.15) is 35.2 Å². The summed E-state index contributed by atoms with van der Waals surface area (Å²) in [5, 5.41) is 4.84. The second-order valence-electron chi connectivity index (χ2n) is 8.33. The first-order valence-electron chi connectivity index (χ1n) is 11.9. The Hall–Kier alpha value is -3.86. The summed E-state index contributed by atoms with van der Waals surface area (Å²) in [5.74, 6) is 0.697. The largest absolute Gasteiger partial charge is 0.493 e. The number of thiazole rings is 1. The molecule has 0 aliphatic rings. The maximum atomic E-state index is 12.7. The van der Waals surface area contributed by atoms with Crippen LogP contribution in [0.15, 0.2) is 46.4 Å². The van der Waals surface area contributed by atoms with Gasteiger partial charge in [-0.2, -0.15) is 0 Å². The van der Waals surface area contributed by atoms with E-state index in [9.17, 15) is 14.4 Å². The highest BCUT2D eigenvalue weighted by Gasteiger charge is 2.21. The first-order valence-corrected chi connectivity index (χ1v) is 12.7. The number of furan rings is 1. The van der Waals surface area contributed by atoms with Gasteiger partial charge in [0.05, 0.1) is 32.6 Å². The van der Waals surface area contributed by atoms with E-state index >= 15 is 0 Å². The van der Waals surface area contributed by atoms with Crippen LogP contribution in [0.3, 0.4) is 0 Å². The highest BCUT2D eigenvalue weighted by Crippen LogP contribution is 2.27. The molecule has 0 aliphatic heterocycles. The molecule has 0 saturated heterocycles. The van der Waals surface area contributed by atoms with Crippen LogP contribution in [0.4, 0.5) is 5.13 Å². The standard InChI is InChI=1S/C26H32N4O6S/c1-5-11-30(25(33)21-7-6-13-36-21)16-23(31)28-26-27-19(17-37-26)15-24(32)29(2)12-10-18-8-9-20(34-3)22(14-18)35-4/h6-9,13-14,17H,5,10-12,15-16H2,1-4H3,(H,27,28,31). The zero-order chi connectivity index (χ0) is 26.8. The van der Waals surface area contributed by atoms with Gasteiger partial charge in [-0.3, -0.25) is 14.4 Å². The molecule has 10 nitrogen and oxygen atoms in total. The van der Waals surface area contributed by atoms with Crippen molar-refractivity contribution in [3.05, 3.63) is 59.0 Å². The van der Waals surface area contributed by atoms with E-state index in [4.69, 9.17) is 13.9 Å². The lowest BCUT2D eigenvalue weighted by Crippen LogP contribution is -2.38. The van der Waals surface area contributed by atoms with Crippen LogP contribution in [0.2, 0.25) is 0 Å². The van der Waals surface area contributed by atoms with Gasteiger partial charge in [0.15, 0.2) is 22.4 Å². The average molecular weight is 529 g/mol. The van der Waals surface area contributed by atoms with Crippen LogP contribution in [0, 0.1) is 0 Å². The Bertz CT molecular complexity index is 1190. The van der Waals surface area contributed by atoms with Gasteiger partial charge >= 0.3 is 0 Å². The molecule has 37 heavy (non-hydrogen) atoms. The minimum absolute atomic E-state index is 0.0816.